The molecule has 2 aromatic heterocycles. The lowest BCUT2D eigenvalue weighted by Gasteiger charge is -2.12. The Balaban J connectivity index is 1.46. The number of amides is 1. The highest BCUT2D eigenvalue weighted by atomic mass is 16.5. The predicted molar refractivity (Wildman–Crippen MR) is 142 cm³/mol. The van der Waals surface area contributed by atoms with Gasteiger partial charge in [0.25, 0.3) is 0 Å². The first-order chi connectivity index (χ1) is 17.5. The van der Waals surface area contributed by atoms with Crippen LogP contribution in [0.4, 0.5) is 11.5 Å². The van der Waals surface area contributed by atoms with Crippen molar-refractivity contribution in [3.05, 3.63) is 84.0 Å². The highest BCUT2D eigenvalue weighted by molar-refractivity contribution is 5.92. The quantitative estimate of drug-likeness (QED) is 0.314. The number of aromatic nitrogens is 3. The Bertz CT molecular complexity index is 1370. The summed E-state index contributed by atoms with van der Waals surface area (Å²) in [5, 5.41) is 7.09. The fourth-order valence-electron chi connectivity index (χ4n) is 3.51. The van der Waals surface area contributed by atoms with Crippen LogP contribution in [0.1, 0.15) is 23.7 Å². The molecule has 8 heteroatoms. The number of anilines is 2. The Kier molecular flexibility index (Phi) is 8.20. The number of pyridine rings is 1. The Morgan fingerprint density at radius 3 is 2.69 bits per heavy atom. The summed E-state index contributed by atoms with van der Waals surface area (Å²) >= 11 is 0. The maximum Gasteiger partial charge on any atom is 0.246 e. The van der Waals surface area contributed by atoms with Gasteiger partial charge in [-0.2, -0.15) is 0 Å². The van der Waals surface area contributed by atoms with Crippen LogP contribution in [-0.2, 0) is 9.53 Å². The number of nitrogens with zero attached hydrogens (tertiary/aromatic N) is 3. The molecule has 1 amide bonds. The van der Waals surface area contributed by atoms with Crippen molar-refractivity contribution in [2.75, 3.05) is 25.1 Å². The van der Waals surface area contributed by atoms with Crippen molar-refractivity contribution < 1.29 is 14.3 Å². The molecular formula is C28H29N5O3. The molecule has 8 nitrogen and oxygen atoms in total. The van der Waals surface area contributed by atoms with Crippen LogP contribution in [0.2, 0.25) is 0 Å². The van der Waals surface area contributed by atoms with Crippen LogP contribution in [0.3, 0.4) is 0 Å². The second kappa shape index (κ2) is 11.9. The summed E-state index contributed by atoms with van der Waals surface area (Å²) in [6.45, 7) is 6.80. The second-order valence-electron chi connectivity index (χ2n) is 8.19. The lowest BCUT2D eigenvalue weighted by atomic mass is 10.1. The molecule has 36 heavy (non-hydrogen) atoms. The largest absolute Gasteiger partial charge is 0.455 e. The van der Waals surface area contributed by atoms with Gasteiger partial charge in [0, 0.05) is 29.9 Å². The van der Waals surface area contributed by atoms with E-state index in [0.717, 1.165) is 39.2 Å². The number of hydrogen-bond donors (Lipinski definition) is 2. The van der Waals surface area contributed by atoms with E-state index < -0.39 is 0 Å². The van der Waals surface area contributed by atoms with E-state index >= 15 is 0 Å². The normalized spacial score (nSPS) is 11.1. The van der Waals surface area contributed by atoms with E-state index in [4.69, 9.17) is 9.47 Å². The monoisotopic (exact) mass is 483 g/mol. The molecule has 0 aliphatic carbocycles. The Hall–Kier alpha value is -4.30. The van der Waals surface area contributed by atoms with Crippen LogP contribution < -0.4 is 15.4 Å². The van der Waals surface area contributed by atoms with E-state index in [1.165, 1.54) is 0 Å². The fourth-order valence-corrected chi connectivity index (χ4v) is 3.51. The van der Waals surface area contributed by atoms with E-state index in [2.05, 4.69) is 25.6 Å². The first-order valence-corrected chi connectivity index (χ1v) is 11.8. The third-order valence-corrected chi connectivity index (χ3v) is 5.37. The van der Waals surface area contributed by atoms with Gasteiger partial charge in [0.15, 0.2) is 0 Å². The van der Waals surface area contributed by atoms with Gasteiger partial charge in [-0.05, 0) is 74.4 Å². The minimum Gasteiger partial charge on any atom is -0.455 e. The molecule has 0 saturated heterocycles. The number of carbonyl (C=O) groups excluding carboxylic acids is 1. The first kappa shape index (κ1) is 24.8. The van der Waals surface area contributed by atoms with Gasteiger partial charge >= 0.3 is 0 Å². The average molecular weight is 484 g/mol. The third-order valence-electron chi connectivity index (χ3n) is 5.37. The highest BCUT2D eigenvalue weighted by Crippen LogP contribution is 2.30. The number of hydrogen-bond acceptors (Lipinski definition) is 7. The average Bonchev–Trinajstić information content (AvgIpc) is 2.88. The number of aryl methyl sites for hydroxylation is 2. The zero-order valence-electron chi connectivity index (χ0n) is 20.6. The summed E-state index contributed by atoms with van der Waals surface area (Å²) in [6.07, 6.45) is 7.11. The van der Waals surface area contributed by atoms with Crippen molar-refractivity contribution in [1.29, 1.82) is 0 Å². The molecule has 0 spiro atoms. The SMILES string of the molecule is CCOCC(=O)NC/C=C/c1ccc2ncnc(Nc3ccc(Oc4ccc(C)nc4)c(C)c3)c2c1. The number of fused-ring (bicyclic) bond motifs is 1. The van der Waals surface area contributed by atoms with Gasteiger partial charge < -0.3 is 20.1 Å². The molecule has 2 N–H and O–H groups in total. The lowest BCUT2D eigenvalue weighted by Crippen LogP contribution is -2.27. The van der Waals surface area contributed by atoms with Gasteiger partial charge in [-0.15, -0.1) is 0 Å². The second-order valence-corrected chi connectivity index (χ2v) is 8.19. The summed E-state index contributed by atoms with van der Waals surface area (Å²) in [6, 6.07) is 15.7. The number of benzene rings is 2. The Morgan fingerprint density at radius 2 is 1.92 bits per heavy atom. The molecule has 0 fully saturated rings. The maximum atomic E-state index is 11.6. The molecule has 0 aliphatic heterocycles. The minimum absolute atomic E-state index is 0.0718. The summed E-state index contributed by atoms with van der Waals surface area (Å²) < 4.78 is 11.1. The van der Waals surface area contributed by atoms with Crippen molar-refractivity contribution in [2.45, 2.75) is 20.8 Å². The van der Waals surface area contributed by atoms with Crippen molar-refractivity contribution in [1.82, 2.24) is 20.3 Å². The van der Waals surface area contributed by atoms with E-state index in [-0.39, 0.29) is 12.5 Å². The van der Waals surface area contributed by atoms with Crippen molar-refractivity contribution >= 4 is 34.4 Å². The molecule has 4 aromatic rings. The van der Waals surface area contributed by atoms with Crippen LogP contribution in [0, 0.1) is 13.8 Å². The van der Waals surface area contributed by atoms with Crippen molar-refractivity contribution in [2.24, 2.45) is 0 Å². The highest BCUT2D eigenvalue weighted by Gasteiger charge is 2.08. The van der Waals surface area contributed by atoms with Gasteiger partial charge in [-0.3, -0.25) is 9.78 Å². The molecule has 0 saturated carbocycles. The van der Waals surface area contributed by atoms with E-state index in [9.17, 15) is 4.79 Å². The molecule has 0 aliphatic rings. The zero-order valence-corrected chi connectivity index (χ0v) is 20.6. The van der Waals surface area contributed by atoms with Crippen molar-refractivity contribution in [3.63, 3.8) is 0 Å². The smallest absolute Gasteiger partial charge is 0.246 e. The Morgan fingerprint density at radius 1 is 1.03 bits per heavy atom. The number of nitrogens with one attached hydrogen (secondary N) is 2. The Labute approximate surface area is 210 Å². The van der Waals surface area contributed by atoms with Crippen LogP contribution >= 0.6 is 0 Å². The van der Waals surface area contributed by atoms with E-state index in [1.54, 1.807) is 12.5 Å². The lowest BCUT2D eigenvalue weighted by molar-refractivity contribution is -0.125. The topological polar surface area (TPSA) is 98.3 Å². The first-order valence-electron chi connectivity index (χ1n) is 11.8. The van der Waals surface area contributed by atoms with Gasteiger partial charge in [-0.1, -0.05) is 18.2 Å². The van der Waals surface area contributed by atoms with Crippen LogP contribution in [0.5, 0.6) is 11.5 Å². The van der Waals surface area contributed by atoms with Gasteiger partial charge in [-0.25, -0.2) is 9.97 Å². The molecule has 184 valence electrons. The van der Waals surface area contributed by atoms with Crippen LogP contribution in [0.15, 0.2) is 67.1 Å². The van der Waals surface area contributed by atoms with Crippen molar-refractivity contribution in [3.8, 4) is 11.5 Å². The molecule has 0 bridgehead atoms. The summed E-state index contributed by atoms with van der Waals surface area (Å²) in [7, 11) is 0. The summed E-state index contributed by atoms with van der Waals surface area (Å²) in [4.78, 5) is 24.8. The molecule has 4 rings (SSSR count). The van der Waals surface area contributed by atoms with Gasteiger partial charge in [0.2, 0.25) is 5.91 Å². The molecular weight excluding hydrogens is 454 g/mol. The van der Waals surface area contributed by atoms with Gasteiger partial charge in [0.05, 0.1) is 11.7 Å². The molecule has 0 unspecified atom stereocenters. The number of rotatable bonds is 10. The number of ether oxygens (including phenoxy) is 2. The van der Waals surface area contributed by atoms with Gasteiger partial charge in [0.1, 0.15) is 30.3 Å². The molecule has 0 atom stereocenters. The minimum atomic E-state index is -0.137. The number of carbonyl (C=O) groups is 1. The third kappa shape index (κ3) is 6.64. The summed E-state index contributed by atoms with van der Waals surface area (Å²) in [5.74, 6) is 2.03. The predicted octanol–water partition coefficient (Wildman–Crippen LogP) is 5.34. The maximum absolute atomic E-state index is 11.6. The molecule has 2 heterocycles. The molecule has 0 radical (unpaired) electrons. The zero-order chi connectivity index (χ0) is 25.3. The summed E-state index contributed by atoms with van der Waals surface area (Å²) in [5.41, 5.74) is 4.62. The van der Waals surface area contributed by atoms with Crippen LogP contribution in [-0.4, -0.2) is 40.6 Å². The van der Waals surface area contributed by atoms with E-state index in [1.807, 2.05) is 81.5 Å². The fraction of sp³-hybridized carbons (Fsp3) is 0.214. The van der Waals surface area contributed by atoms with Crippen LogP contribution in [0.25, 0.3) is 17.0 Å². The standard InChI is InChI=1S/C28H29N5O3/c1-4-35-17-27(34)29-13-5-6-21-8-11-25-24(15-21)28(32-18-31-25)33-22-9-12-26(19(2)14-22)36-23-10-7-20(3)30-16-23/h5-12,14-16,18H,4,13,17H2,1-3H3,(H,29,34)(H,31,32,33)/b6-5+. The van der Waals surface area contributed by atoms with E-state index in [0.29, 0.717) is 24.7 Å². The molecule has 2 aromatic carbocycles.